The van der Waals surface area contributed by atoms with E-state index in [2.05, 4.69) is 28.1 Å². The highest BCUT2D eigenvalue weighted by Crippen LogP contribution is 2.32. The second-order valence-electron chi connectivity index (χ2n) is 5.58. The SMILES string of the molecule is CS(=O)(=O)c1ccc(C(=C2CCOC2)c2ccc(Br)cc2)cc1. The molecule has 1 fully saturated rings. The molecule has 1 aliphatic heterocycles. The van der Waals surface area contributed by atoms with Gasteiger partial charge in [-0.2, -0.15) is 0 Å². The Hall–Kier alpha value is -1.43. The van der Waals surface area contributed by atoms with Crippen LogP contribution in [0.2, 0.25) is 0 Å². The highest BCUT2D eigenvalue weighted by molar-refractivity contribution is 9.10. The smallest absolute Gasteiger partial charge is 0.175 e. The summed E-state index contributed by atoms with van der Waals surface area (Å²) in [5.41, 5.74) is 4.51. The molecule has 0 bridgehead atoms. The van der Waals surface area contributed by atoms with Gasteiger partial charge < -0.3 is 4.74 Å². The second-order valence-corrected chi connectivity index (χ2v) is 8.52. The molecule has 0 aliphatic carbocycles. The van der Waals surface area contributed by atoms with Gasteiger partial charge in [0, 0.05) is 10.7 Å². The summed E-state index contributed by atoms with van der Waals surface area (Å²) in [5.74, 6) is 0. The van der Waals surface area contributed by atoms with Gasteiger partial charge in [0.25, 0.3) is 0 Å². The molecule has 0 amide bonds. The zero-order valence-corrected chi connectivity index (χ0v) is 15.2. The fourth-order valence-electron chi connectivity index (χ4n) is 2.72. The van der Waals surface area contributed by atoms with Crippen molar-refractivity contribution in [3.8, 4) is 0 Å². The standard InChI is InChI=1S/C18H17BrO3S/c1-23(20,21)17-8-4-14(5-9-17)18(15-10-11-22-12-15)13-2-6-16(19)7-3-13/h2-9H,10-12H2,1H3. The minimum atomic E-state index is -3.18. The Morgan fingerprint density at radius 1 is 1.00 bits per heavy atom. The largest absolute Gasteiger partial charge is 0.377 e. The zero-order valence-electron chi connectivity index (χ0n) is 12.8. The fourth-order valence-corrected chi connectivity index (χ4v) is 3.62. The van der Waals surface area contributed by atoms with Crippen molar-refractivity contribution in [3.63, 3.8) is 0 Å². The van der Waals surface area contributed by atoms with E-state index in [-0.39, 0.29) is 0 Å². The van der Waals surface area contributed by atoms with Gasteiger partial charge in [0.2, 0.25) is 0 Å². The number of halogens is 1. The Labute approximate surface area is 145 Å². The monoisotopic (exact) mass is 392 g/mol. The lowest BCUT2D eigenvalue weighted by Gasteiger charge is -2.13. The van der Waals surface area contributed by atoms with Gasteiger partial charge in [0.1, 0.15) is 0 Å². The summed E-state index contributed by atoms with van der Waals surface area (Å²) in [4.78, 5) is 0.337. The summed E-state index contributed by atoms with van der Waals surface area (Å²) < 4.78 is 29.8. The summed E-state index contributed by atoms with van der Waals surface area (Å²) >= 11 is 3.46. The van der Waals surface area contributed by atoms with Gasteiger partial charge in [-0.05, 0) is 53.0 Å². The molecular formula is C18H17BrO3S. The van der Waals surface area contributed by atoms with Crippen molar-refractivity contribution in [1.82, 2.24) is 0 Å². The number of benzene rings is 2. The Morgan fingerprint density at radius 2 is 1.57 bits per heavy atom. The summed E-state index contributed by atoms with van der Waals surface area (Å²) in [6.07, 6.45) is 2.13. The van der Waals surface area contributed by atoms with Crippen LogP contribution in [0.15, 0.2) is 63.5 Å². The molecule has 0 unspecified atom stereocenters. The summed E-state index contributed by atoms with van der Waals surface area (Å²) in [6, 6.07) is 15.2. The van der Waals surface area contributed by atoms with E-state index >= 15 is 0 Å². The summed E-state index contributed by atoms with van der Waals surface area (Å²) in [7, 11) is -3.18. The first-order valence-electron chi connectivity index (χ1n) is 7.31. The lowest BCUT2D eigenvalue weighted by molar-refractivity contribution is 0.205. The Kier molecular flexibility index (Phi) is 4.71. The number of sulfone groups is 1. The van der Waals surface area contributed by atoms with Crippen LogP contribution in [0, 0.1) is 0 Å². The summed E-state index contributed by atoms with van der Waals surface area (Å²) in [5, 5.41) is 0. The Morgan fingerprint density at radius 3 is 2.04 bits per heavy atom. The van der Waals surface area contributed by atoms with Gasteiger partial charge >= 0.3 is 0 Å². The van der Waals surface area contributed by atoms with Crippen LogP contribution >= 0.6 is 15.9 Å². The molecule has 3 rings (SSSR count). The average molecular weight is 393 g/mol. The van der Waals surface area contributed by atoms with Crippen molar-refractivity contribution in [1.29, 1.82) is 0 Å². The molecule has 2 aromatic carbocycles. The van der Waals surface area contributed by atoms with Crippen LogP contribution < -0.4 is 0 Å². The molecule has 0 saturated carbocycles. The van der Waals surface area contributed by atoms with E-state index in [0.717, 1.165) is 34.2 Å². The van der Waals surface area contributed by atoms with Crippen LogP contribution in [-0.2, 0) is 14.6 Å². The molecule has 0 N–H and O–H groups in total. The topological polar surface area (TPSA) is 43.4 Å². The number of hydrogen-bond acceptors (Lipinski definition) is 3. The van der Waals surface area contributed by atoms with Gasteiger partial charge in [-0.25, -0.2) is 8.42 Å². The van der Waals surface area contributed by atoms with Gasteiger partial charge in [-0.3, -0.25) is 0 Å². The maximum atomic E-state index is 11.6. The maximum absolute atomic E-state index is 11.6. The maximum Gasteiger partial charge on any atom is 0.175 e. The molecule has 0 aromatic heterocycles. The van der Waals surface area contributed by atoms with E-state index in [4.69, 9.17) is 4.74 Å². The number of hydrogen-bond donors (Lipinski definition) is 0. The minimum absolute atomic E-state index is 0.337. The van der Waals surface area contributed by atoms with Crippen LogP contribution in [0.1, 0.15) is 17.5 Å². The lowest BCUT2D eigenvalue weighted by Crippen LogP contribution is -1.99. The van der Waals surface area contributed by atoms with E-state index in [0.29, 0.717) is 11.5 Å². The van der Waals surface area contributed by atoms with E-state index in [1.54, 1.807) is 12.1 Å². The van der Waals surface area contributed by atoms with Crippen LogP contribution in [0.5, 0.6) is 0 Å². The highest BCUT2D eigenvalue weighted by atomic mass is 79.9. The van der Waals surface area contributed by atoms with Gasteiger partial charge in [-0.15, -0.1) is 0 Å². The molecule has 23 heavy (non-hydrogen) atoms. The molecule has 0 atom stereocenters. The first-order chi connectivity index (χ1) is 10.9. The molecule has 0 radical (unpaired) electrons. The lowest BCUT2D eigenvalue weighted by atomic mass is 9.92. The van der Waals surface area contributed by atoms with Crippen molar-refractivity contribution in [2.75, 3.05) is 19.5 Å². The molecule has 2 aromatic rings. The first-order valence-corrected chi connectivity index (χ1v) is 10.00. The van der Waals surface area contributed by atoms with Crippen LogP contribution in [0.3, 0.4) is 0 Å². The van der Waals surface area contributed by atoms with Crippen molar-refractivity contribution in [2.24, 2.45) is 0 Å². The van der Waals surface area contributed by atoms with E-state index in [1.807, 2.05) is 24.3 Å². The predicted molar refractivity (Wildman–Crippen MR) is 95.2 cm³/mol. The third-order valence-corrected chi connectivity index (χ3v) is 5.54. The molecule has 1 aliphatic rings. The van der Waals surface area contributed by atoms with Crippen molar-refractivity contribution in [2.45, 2.75) is 11.3 Å². The molecule has 0 spiro atoms. The third kappa shape index (κ3) is 3.74. The van der Waals surface area contributed by atoms with Gasteiger partial charge in [-0.1, -0.05) is 40.2 Å². The van der Waals surface area contributed by atoms with E-state index < -0.39 is 9.84 Å². The normalized spacial score (nSPS) is 17.3. The predicted octanol–water partition coefficient (Wildman–Crippen LogP) is 4.07. The first kappa shape index (κ1) is 16.4. The molecular weight excluding hydrogens is 376 g/mol. The Balaban J connectivity index is 2.09. The highest BCUT2D eigenvalue weighted by Gasteiger charge is 2.17. The fraction of sp³-hybridized carbons (Fsp3) is 0.222. The van der Waals surface area contributed by atoms with Gasteiger partial charge in [0.05, 0.1) is 18.1 Å². The molecule has 3 nitrogen and oxygen atoms in total. The van der Waals surface area contributed by atoms with Crippen molar-refractivity contribution >= 4 is 31.3 Å². The van der Waals surface area contributed by atoms with Crippen molar-refractivity contribution in [3.05, 3.63) is 69.7 Å². The average Bonchev–Trinajstić information content (AvgIpc) is 3.03. The molecule has 1 saturated heterocycles. The summed E-state index contributed by atoms with van der Waals surface area (Å²) in [6.45, 7) is 1.36. The molecule has 5 heteroatoms. The van der Waals surface area contributed by atoms with E-state index in [9.17, 15) is 8.42 Å². The van der Waals surface area contributed by atoms with Crippen LogP contribution in [-0.4, -0.2) is 27.9 Å². The number of ether oxygens (including phenoxy) is 1. The van der Waals surface area contributed by atoms with Gasteiger partial charge in [0.15, 0.2) is 9.84 Å². The quantitative estimate of drug-likeness (QED) is 0.790. The van der Waals surface area contributed by atoms with Crippen molar-refractivity contribution < 1.29 is 13.2 Å². The molecule has 1 heterocycles. The third-order valence-electron chi connectivity index (χ3n) is 3.88. The second kappa shape index (κ2) is 6.59. The minimum Gasteiger partial charge on any atom is -0.377 e. The van der Waals surface area contributed by atoms with Crippen LogP contribution in [0.4, 0.5) is 0 Å². The van der Waals surface area contributed by atoms with Crippen LogP contribution in [0.25, 0.3) is 5.57 Å². The Bertz CT molecular complexity index is 827. The zero-order chi connectivity index (χ0) is 16.4. The molecule has 120 valence electrons. The van der Waals surface area contributed by atoms with E-state index in [1.165, 1.54) is 11.8 Å². The number of rotatable bonds is 3.